The van der Waals surface area contributed by atoms with E-state index in [1.165, 1.54) is 0 Å². The first kappa shape index (κ1) is 7.70. The van der Waals surface area contributed by atoms with E-state index in [-0.39, 0.29) is 0 Å². The van der Waals surface area contributed by atoms with Gasteiger partial charge in [-0.15, -0.1) is 0 Å². The van der Waals surface area contributed by atoms with Crippen LogP contribution in [0.25, 0.3) is 0 Å². The van der Waals surface area contributed by atoms with Crippen LogP contribution < -0.4 is 0 Å². The molecular weight excluding hydrogens is 122 g/mol. The van der Waals surface area contributed by atoms with Gasteiger partial charge in [-0.1, -0.05) is 17.2 Å². The highest BCUT2D eigenvalue weighted by Gasteiger charge is 1.75. The van der Waals surface area contributed by atoms with Crippen LogP contribution in [0.4, 0.5) is 0 Å². The molecule has 0 radical (unpaired) electrons. The van der Waals surface area contributed by atoms with Crippen LogP contribution in [0.1, 0.15) is 20.8 Å². The van der Waals surface area contributed by atoms with Gasteiger partial charge in [0.15, 0.2) is 0 Å². The second-order valence-electron chi connectivity index (χ2n) is 1.83. The SMILES string of the molecule is CC(C)=CN=C(C)Cl. The summed E-state index contributed by atoms with van der Waals surface area (Å²) in [7, 11) is 0. The minimum Gasteiger partial charge on any atom is -0.249 e. The first-order valence-electron chi connectivity index (χ1n) is 2.46. The van der Waals surface area contributed by atoms with Crippen molar-refractivity contribution in [2.75, 3.05) is 0 Å². The largest absolute Gasteiger partial charge is 0.249 e. The topological polar surface area (TPSA) is 12.4 Å². The standard InChI is InChI=1S/C6H10ClN/c1-5(2)4-8-6(3)7/h4H,1-3H3. The van der Waals surface area contributed by atoms with E-state index >= 15 is 0 Å². The molecular formula is C6H10ClN. The van der Waals surface area contributed by atoms with Gasteiger partial charge in [0.2, 0.25) is 0 Å². The summed E-state index contributed by atoms with van der Waals surface area (Å²) in [6, 6.07) is 0. The van der Waals surface area contributed by atoms with Crippen LogP contribution in [0.5, 0.6) is 0 Å². The highest BCUT2D eigenvalue weighted by atomic mass is 35.5. The van der Waals surface area contributed by atoms with Crippen LogP contribution in [0, 0.1) is 0 Å². The van der Waals surface area contributed by atoms with E-state index in [0.29, 0.717) is 5.17 Å². The molecule has 0 fully saturated rings. The van der Waals surface area contributed by atoms with Gasteiger partial charge >= 0.3 is 0 Å². The molecule has 0 saturated carbocycles. The highest BCUT2D eigenvalue weighted by molar-refractivity contribution is 6.64. The summed E-state index contributed by atoms with van der Waals surface area (Å²) >= 11 is 5.43. The Bertz CT molecular complexity index is 100. The molecule has 0 heterocycles. The monoisotopic (exact) mass is 131 g/mol. The zero-order valence-corrected chi connectivity index (χ0v) is 6.16. The van der Waals surface area contributed by atoms with E-state index in [4.69, 9.17) is 11.6 Å². The Hall–Kier alpha value is -0.300. The van der Waals surface area contributed by atoms with Crippen LogP contribution in [0.2, 0.25) is 0 Å². The first-order valence-corrected chi connectivity index (χ1v) is 2.84. The normalized spacial score (nSPS) is 11.2. The molecule has 0 spiro atoms. The first-order chi connectivity index (χ1) is 3.63. The molecule has 0 N–H and O–H groups in total. The van der Waals surface area contributed by atoms with E-state index in [9.17, 15) is 0 Å². The van der Waals surface area contributed by atoms with E-state index in [2.05, 4.69) is 4.99 Å². The summed E-state index contributed by atoms with van der Waals surface area (Å²) in [4.78, 5) is 3.84. The van der Waals surface area contributed by atoms with E-state index in [1.54, 1.807) is 13.1 Å². The third-order valence-electron chi connectivity index (χ3n) is 0.501. The molecule has 0 atom stereocenters. The van der Waals surface area contributed by atoms with Gasteiger partial charge in [-0.25, -0.2) is 4.99 Å². The quantitative estimate of drug-likeness (QED) is 0.485. The van der Waals surface area contributed by atoms with E-state index in [1.807, 2.05) is 13.8 Å². The molecule has 0 aromatic rings. The molecule has 0 aliphatic rings. The molecule has 0 aromatic heterocycles. The third-order valence-corrected chi connectivity index (χ3v) is 0.598. The van der Waals surface area contributed by atoms with Gasteiger partial charge in [-0.05, 0) is 20.8 Å². The summed E-state index contributed by atoms with van der Waals surface area (Å²) in [5, 5.41) is 0.575. The Kier molecular flexibility index (Phi) is 3.53. The maximum atomic E-state index is 5.43. The molecule has 0 saturated heterocycles. The number of aliphatic imine (C=N–C) groups is 1. The summed E-state index contributed by atoms with van der Waals surface area (Å²) in [6.07, 6.45) is 1.74. The number of hydrogen-bond donors (Lipinski definition) is 0. The van der Waals surface area contributed by atoms with Crippen LogP contribution >= 0.6 is 11.6 Å². The van der Waals surface area contributed by atoms with Crippen LogP contribution in [-0.2, 0) is 0 Å². The van der Waals surface area contributed by atoms with Gasteiger partial charge in [-0.2, -0.15) is 0 Å². The summed E-state index contributed by atoms with van der Waals surface area (Å²) in [5.41, 5.74) is 1.16. The molecule has 0 aromatic carbocycles. The maximum Gasteiger partial charge on any atom is 0.103 e. The predicted octanol–water partition coefficient (Wildman–Crippen LogP) is 2.57. The fourth-order valence-corrected chi connectivity index (χ4v) is 0.267. The average molecular weight is 132 g/mol. The van der Waals surface area contributed by atoms with Crippen molar-refractivity contribution in [1.82, 2.24) is 0 Å². The third kappa shape index (κ3) is 5.70. The van der Waals surface area contributed by atoms with Gasteiger partial charge < -0.3 is 0 Å². The van der Waals surface area contributed by atoms with Gasteiger partial charge in [0, 0.05) is 6.20 Å². The van der Waals surface area contributed by atoms with Crippen molar-refractivity contribution >= 4 is 16.8 Å². The molecule has 0 rings (SSSR count). The van der Waals surface area contributed by atoms with E-state index in [0.717, 1.165) is 5.57 Å². The lowest BCUT2D eigenvalue weighted by atomic mass is 10.4. The van der Waals surface area contributed by atoms with Crippen LogP contribution in [-0.4, -0.2) is 5.17 Å². The molecule has 0 aliphatic carbocycles. The molecule has 1 nitrogen and oxygen atoms in total. The minimum atomic E-state index is 0.575. The molecule has 0 aliphatic heterocycles. The Labute approximate surface area is 55.1 Å². The lowest BCUT2D eigenvalue weighted by Gasteiger charge is -1.82. The van der Waals surface area contributed by atoms with Gasteiger partial charge in [-0.3, -0.25) is 0 Å². The van der Waals surface area contributed by atoms with Crippen molar-refractivity contribution < 1.29 is 0 Å². The van der Waals surface area contributed by atoms with Gasteiger partial charge in [0.05, 0.1) is 0 Å². The lowest BCUT2D eigenvalue weighted by molar-refractivity contribution is 1.34. The number of allylic oxidation sites excluding steroid dienone is 1. The second kappa shape index (κ2) is 3.67. The Morgan fingerprint density at radius 1 is 1.38 bits per heavy atom. The molecule has 0 unspecified atom stereocenters. The molecule has 2 heteroatoms. The summed E-state index contributed by atoms with van der Waals surface area (Å²) < 4.78 is 0. The number of halogens is 1. The summed E-state index contributed by atoms with van der Waals surface area (Å²) in [6.45, 7) is 5.70. The fourth-order valence-electron chi connectivity index (χ4n) is 0.218. The smallest absolute Gasteiger partial charge is 0.103 e. The molecule has 0 amide bonds. The Morgan fingerprint density at radius 3 is 2.00 bits per heavy atom. The molecule has 0 bridgehead atoms. The number of rotatable bonds is 1. The number of hydrogen-bond acceptors (Lipinski definition) is 1. The van der Waals surface area contributed by atoms with Gasteiger partial charge in [0.1, 0.15) is 5.17 Å². The van der Waals surface area contributed by atoms with Crippen molar-refractivity contribution in [2.45, 2.75) is 20.8 Å². The maximum absolute atomic E-state index is 5.43. The van der Waals surface area contributed by atoms with Crippen molar-refractivity contribution in [2.24, 2.45) is 4.99 Å². The summed E-state index contributed by atoms with van der Waals surface area (Å²) in [5.74, 6) is 0. The lowest BCUT2D eigenvalue weighted by Crippen LogP contribution is -1.70. The predicted molar refractivity (Wildman–Crippen MR) is 38.4 cm³/mol. The Morgan fingerprint density at radius 2 is 1.88 bits per heavy atom. The zero-order valence-electron chi connectivity index (χ0n) is 5.40. The van der Waals surface area contributed by atoms with Crippen LogP contribution in [0.3, 0.4) is 0 Å². The molecule has 46 valence electrons. The van der Waals surface area contributed by atoms with Crippen molar-refractivity contribution in [1.29, 1.82) is 0 Å². The van der Waals surface area contributed by atoms with E-state index < -0.39 is 0 Å². The van der Waals surface area contributed by atoms with Crippen LogP contribution in [0.15, 0.2) is 16.8 Å². The number of nitrogens with zero attached hydrogens (tertiary/aromatic N) is 1. The zero-order chi connectivity index (χ0) is 6.57. The highest BCUT2D eigenvalue weighted by Crippen LogP contribution is 1.91. The fraction of sp³-hybridized carbons (Fsp3) is 0.500. The Balaban J connectivity index is 3.76. The van der Waals surface area contributed by atoms with Crippen molar-refractivity contribution in [3.05, 3.63) is 11.8 Å². The second-order valence-corrected chi connectivity index (χ2v) is 2.38. The van der Waals surface area contributed by atoms with Crippen molar-refractivity contribution in [3.63, 3.8) is 0 Å². The molecule has 8 heavy (non-hydrogen) atoms. The van der Waals surface area contributed by atoms with Crippen molar-refractivity contribution in [3.8, 4) is 0 Å². The minimum absolute atomic E-state index is 0.575. The average Bonchev–Trinajstić information content (AvgIpc) is 1.61. The van der Waals surface area contributed by atoms with Gasteiger partial charge in [0.25, 0.3) is 0 Å².